The van der Waals surface area contributed by atoms with Crippen molar-refractivity contribution in [2.75, 3.05) is 18.0 Å². The molecule has 0 spiro atoms. The first-order chi connectivity index (χ1) is 10.9. The molecule has 0 N–H and O–H groups in total. The SMILES string of the molecule is C[C@H](Cc1ccc(N2CCC(F)(F)C2)cc1)O[Si](C)(C)C(C)(C)C. The lowest BCUT2D eigenvalue weighted by atomic mass is 10.1. The zero-order valence-corrected chi connectivity index (χ0v) is 16.8. The molecule has 2 rings (SSSR count). The average Bonchev–Trinajstić information content (AvgIpc) is 2.78. The minimum Gasteiger partial charge on any atom is -0.414 e. The third-order valence-electron chi connectivity index (χ3n) is 5.30. The minimum atomic E-state index is -2.55. The Bertz CT molecular complexity index is 551. The van der Waals surface area contributed by atoms with E-state index in [0.29, 0.717) is 6.54 Å². The van der Waals surface area contributed by atoms with Crippen molar-refractivity contribution in [1.82, 2.24) is 0 Å². The lowest BCUT2D eigenvalue weighted by molar-refractivity contribution is 0.0257. The molecule has 1 atom stereocenters. The number of halogens is 2. The van der Waals surface area contributed by atoms with E-state index in [1.165, 1.54) is 5.56 Å². The molecule has 0 bridgehead atoms. The van der Waals surface area contributed by atoms with E-state index in [1.54, 1.807) is 4.90 Å². The number of nitrogens with zero attached hydrogens (tertiary/aromatic N) is 1. The van der Waals surface area contributed by atoms with Gasteiger partial charge in [-0.1, -0.05) is 32.9 Å². The van der Waals surface area contributed by atoms with E-state index in [9.17, 15) is 8.78 Å². The fraction of sp³-hybridized carbons (Fsp3) is 0.684. The summed E-state index contributed by atoms with van der Waals surface area (Å²) in [5.74, 6) is -2.55. The van der Waals surface area contributed by atoms with Crippen molar-refractivity contribution in [3.05, 3.63) is 29.8 Å². The van der Waals surface area contributed by atoms with E-state index in [2.05, 4.69) is 40.8 Å². The van der Waals surface area contributed by atoms with Gasteiger partial charge in [0.1, 0.15) is 0 Å². The summed E-state index contributed by atoms with van der Waals surface area (Å²) in [6, 6.07) is 7.99. The molecule has 1 aromatic carbocycles. The highest BCUT2D eigenvalue weighted by atomic mass is 28.4. The largest absolute Gasteiger partial charge is 0.414 e. The zero-order valence-electron chi connectivity index (χ0n) is 15.8. The summed E-state index contributed by atoms with van der Waals surface area (Å²) in [7, 11) is -1.76. The Balaban J connectivity index is 1.94. The van der Waals surface area contributed by atoms with Crippen LogP contribution in [0.15, 0.2) is 24.3 Å². The lowest BCUT2D eigenvalue weighted by Crippen LogP contribution is -2.43. The second-order valence-corrected chi connectivity index (χ2v) is 13.3. The minimum absolute atomic E-state index is 0.0495. The van der Waals surface area contributed by atoms with Crippen molar-refractivity contribution in [1.29, 1.82) is 0 Å². The normalized spacial score (nSPS) is 19.6. The second-order valence-electron chi connectivity index (χ2n) is 8.59. The molecule has 1 aliphatic heterocycles. The summed E-state index contributed by atoms with van der Waals surface area (Å²) in [5.41, 5.74) is 2.07. The highest BCUT2D eigenvalue weighted by molar-refractivity contribution is 6.74. The van der Waals surface area contributed by atoms with Crippen LogP contribution in [0.5, 0.6) is 0 Å². The third kappa shape index (κ3) is 4.79. The van der Waals surface area contributed by atoms with Gasteiger partial charge in [0.05, 0.1) is 6.54 Å². The molecule has 1 aliphatic rings. The van der Waals surface area contributed by atoms with Crippen LogP contribution in [0.25, 0.3) is 0 Å². The van der Waals surface area contributed by atoms with Gasteiger partial charge < -0.3 is 9.33 Å². The predicted octanol–water partition coefficient (Wildman–Crippen LogP) is 5.48. The molecule has 24 heavy (non-hydrogen) atoms. The number of rotatable bonds is 5. The predicted molar refractivity (Wildman–Crippen MR) is 99.7 cm³/mol. The van der Waals surface area contributed by atoms with Gasteiger partial charge in [0.15, 0.2) is 8.32 Å². The van der Waals surface area contributed by atoms with Crippen molar-refractivity contribution in [3.63, 3.8) is 0 Å². The van der Waals surface area contributed by atoms with Crippen molar-refractivity contribution >= 4 is 14.0 Å². The Morgan fingerprint density at radius 2 is 1.79 bits per heavy atom. The highest BCUT2D eigenvalue weighted by Gasteiger charge is 2.39. The van der Waals surface area contributed by atoms with Gasteiger partial charge in [-0.2, -0.15) is 0 Å². The van der Waals surface area contributed by atoms with Crippen LogP contribution in [0.4, 0.5) is 14.5 Å². The summed E-state index contributed by atoms with van der Waals surface area (Å²) in [6.07, 6.45) is 0.961. The summed E-state index contributed by atoms with van der Waals surface area (Å²) in [5, 5.41) is 0.200. The van der Waals surface area contributed by atoms with E-state index >= 15 is 0 Å². The Hall–Kier alpha value is -0.943. The van der Waals surface area contributed by atoms with Crippen molar-refractivity contribution in [3.8, 4) is 0 Å². The fourth-order valence-electron chi connectivity index (χ4n) is 2.85. The summed E-state index contributed by atoms with van der Waals surface area (Å²) < 4.78 is 33.1. The van der Waals surface area contributed by atoms with Crippen LogP contribution in [-0.4, -0.2) is 33.4 Å². The summed E-state index contributed by atoms with van der Waals surface area (Å²) in [4.78, 5) is 1.76. The molecular weight excluding hydrogens is 324 g/mol. The van der Waals surface area contributed by atoms with Gasteiger partial charge in [-0.05, 0) is 49.2 Å². The van der Waals surface area contributed by atoms with Gasteiger partial charge in [0.2, 0.25) is 0 Å². The van der Waals surface area contributed by atoms with Crippen LogP contribution in [0.3, 0.4) is 0 Å². The molecule has 0 saturated carbocycles. The number of hydrogen-bond acceptors (Lipinski definition) is 2. The molecule has 0 amide bonds. The summed E-state index contributed by atoms with van der Waals surface area (Å²) >= 11 is 0. The van der Waals surface area contributed by atoms with Gasteiger partial charge in [-0.25, -0.2) is 8.78 Å². The zero-order chi connectivity index (χ0) is 18.2. The number of benzene rings is 1. The molecule has 1 heterocycles. The fourth-order valence-corrected chi connectivity index (χ4v) is 4.30. The maximum absolute atomic E-state index is 13.3. The summed E-state index contributed by atoms with van der Waals surface area (Å²) in [6.45, 7) is 13.6. The number of alkyl halides is 2. The van der Waals surface area contributed by atoms with Crippen LogP contribution in [0.2, 0.25) is 18.1 Å². The molecule has 2 nitrogen and oxygen atoms in total. The topological polar surface area (TPSA) is 12.5 Å². The van der Waals surface area contributed by atoms with E-state index in [0.717, 1.165) is 12.1 Å². The van der Waals surface area contributed by atoms with E-state index in [1.807, 2.05) is 24.3 Å². The van der Waals surface area contributed by atoms with Crippen molar-refractivity contribution in [2.24, 2.45) is 0 Å². The maximum atomic E-state index is 13.3. The molecule has 0 unspecified atom stereocenters. The first-order valence-corrected chi connectivity index (χ1v) is 11.7. The molecule has 0 aliphatic carbocycles. The van der Waals surface area contributed by atoms with Crippen LogP contribution in [-0.2, 0) is 10.8 Å². The van der Waals surface area contributed by atoms with Crippen LogP contribution in [0.1, 0.15) is 39.7 Å². The molecule has 1 saturated heterocycles. The van der Waals surface area contributed by atoms with Gasteiger partial charge in [0, 0.05) is 24.8 Å². The quantitative estimate of drug-likeness (QED) is 0.648. The first kappa shape index (κ1) is 19.4. The number of anilines is 1. The Morgan fingerprint density at radius 3 is 2.25 bits per heavy atom. The van der Waals surface area contributed by atoms with E-state index in [4.69, 9.17) is 4.43 Å². The van der Waals surface area contributed by atoms with E-state index in [-0.39, 0.29) is 24.1 Å². The average molecular weight is 356 g/mol. The second kappa shape index (κ2) is 6.75. The third-order valence-corrected chi connectivity index (χ3v) is 9.90. The molecule has 0 radical (unpaired) electrons. The van der Waals surface area contributed by atoms with Crippen LogP contribution in [0, 0.1) is 0 Å². The lowest BCUT2D eigenvalue weighted by Gasteiger charge is -2.38. The smallest absolute Gasteiger partial charge is 0.266 e. The van der Waals surface area contributed by atoms with Gasteiger partial charge in [-0.15, -0.1) is 0 Å². The highest BCUT2D eigenvalue weighted by Crippen LogP contribution is 2.37. The molecule has 0 aromatic heterocycles. The Labute approximate surface area is 146 Å². The molecule has 136 valence electrons. The Morgan fingerprint density at radius 1 is 1.21 bits per heavy atom. The molecule has 5 heteroatoms. The van der Waals surface area contributed by atoms with E-state index < -0.39 is 14.2 Å². The van der Waals surface area contributed by atoms with Crippen LogP contribution >= 0.6 is 0 Å². The van der Waals surface area contributed by atoms with Crippen molar-refractivity contribution < 1.29 is 13.2 Å². The van der Waals surface area contributed by atoms with Gasteiger partial charge in [0.25, 0.3) is 5.92 Å². The van der Waals surface area contributed by atoms with Gasteiger partial charge in [-0.3, -0.25) is 0 Å². The maximum Gasteiger partial charge on any atom is 0.266 e. The standard InChI is InChI=1S/C19H31F2NOSi/c1-15(23-24(5,6)18(2,3)4)13-16-7-9-17(10-8-16)22-12-11-19(20,21)14-22/h7-10,15H,11-14H2,1-6H3/t15-/m1/s1. The van der Waals surface area contributed by atoms with Crippen molar-refractivity contribution in [2.45, 2.75) is 70.7 Å². The van der Waals surface area contributed by atoms with Crippen LogP contribution < -0.4 is 4.90 Å². The monoisotopic (exact) mass is 355 g/mol. The number of hydrogen-bond donors (Lipinski definition) is 0. The molecule has 1 fully saturated rings. The molecule has 1 aromatic rings. The van der Waals surface area contributed by atoms with Gasteiger partial charge >= 0.3 is 0 Å². The Kier molecular flexibility index (Phi) is 5.45. The molecular formula is C19H31F2NOSi. The first-order valence-electron chi connectivity index (χ1n) is 8.79.